The molecule has 210 valence electrons. The van der Waals surface area contributed by atoms with Crippen molar-refractivity contribution in [3.8, 4) is 0 Å². The highest BCUT2D eigenvalue weighted by molar-refractivity contribution is 6.77. The maximum atomic E-state index is 12.7. The van der Waals surface area contributed by atoms with Gasteiger partial charge in [0.2, 0.25) is 14.3 Å². The molecule has 37 heavy (non-hydrogen) atoms. The summed E-state index contributed by atoms with van der Waals surface area (Å²) in [5, 5.41) is 23.9. The van der Waals surface area contributed by atoms with Gasteiger partial charge in [0.1, 0.15) is 25.1 Å². The number of H-pyrrole nitrogens is 1. The molecule has 12 heteroatoms. The fraction of sp³-hybridized carbons (Fsp3) is 0.800. The van der Waals surface area contributed by atoms with Gasteiger partial charge in [0.25, 0.3) is 5.56 Å². The summed E-state index contributed by atoms with van der Waals surface area (Å²) in [5.74, 6) is 0.343. The first-order chi connectivity index (χ1) is 17.6. The molecule has 2 unspecified atom stereocenters. The first-order valence-electron chi connectivity index (χ1n) is 13.5. The number of hydrogen-bond donors (Lipinski definition) is 4. The van der Waals surface area contributed by atoms with E-state index in [2.05, 4.69) is 68.7 Å². The molecule has 11 nitrogen and oxygen atoms in total. The van der Waals surface area contributed by atoms with Crippen molar-refractivity contribution >= 4 is 25.4 Å². The highest BCUT2D eigenvalue weighted by Crippen LogP contribution is 2.42. The molecule has 0 aliphatic carbocycles. The molecule has 4 atom stereocenters. The molecule has 2 aromatic heterocycles. The summed E-state index contributed by atoms with van der Waals surface area (Å²) in [6.07, 6.45) is 0.913. The molecule has 0 spiro atoms. The minimum absolute atomic E-state index is 0.00856. The normalized spacial score (nSPS) is 22.7. The van der Waals surface area contributed by atoms with E-state index < -0.39 is 32.9 Å². The molecule has 1 saturated heterocycles. The maximum absolute atomic E-state index is 12.7. The van der Waals surface area contributed by atoms with Crippen LogP contribution in [-0.4, -0.2) is 76.3 Å². The van der Waals surface area contributed by atoms with Crippen LogP contribution in [0.4, 0.5) is 5.95 Å². The summed E-state index contributed by atoms with van der Waals surface area (Å²) in [5.41, 5.74) is 1.21. The van der Waals surface area contributed by atoms with Crippen molar-refractivity contribution in [2.45, 2.75) is 109 Å². The smallest absolute Gasteiger partial charge is 0.280 e. The Morgan fingerprint density at radius 2 is 1.86 bits per heavy atom. The first kappa shape index (κ1) is 29.7. The maximum Gasteiger partial charge on any atom is 0.280 e. The Kier molecular flexibility index (Phi) is 10.3. The summed E-state index contributed by atoms with van der Waals surface area (Å²) >= 11 is 0. The minimum atomic E-state index is -2.19. The lowest BCUT2D eigenvalue weighted by Crippen LogP contribution is -2.49. The van der Waals surface area contributed by atoms with Gasteiger partial charge in [-0.05, 0) is 23.0 Å². The second-order valence-electron chi connectivity index (χ2n) is 10.8. The van der Waals surface area contributed by atoms with Gasteiger partial charge in [-0.2, -0.15) is 4.98 Å². The van der Waals surface area contributed by atoms with Crippen molar-refractivity contribution < 1.29 is 24.1 Å². The lowest BCUT2D eigenvalue weighted by molar-refractivity contribution is -0.112. The highest BCUT2D eigenvalue weighted by Gasteiger charge is 2.48. The summed E-state index contributed by atoms with van der Waals surface area (Å²) < 4.78 is 20.2. The number of nitrogens with one attached hydrogen (secondary N) is 2. The van der Waals surface area contributed by atoms with Gasteiger partial charge in [-0.3, -0.25) is 14.3 Å². The van der Waals surface area contributed by atoms with Crippen molar-refractivity contribution in [2.24, 2.45) is 0 Å². The van der Waals surface area contributed by atoms with Crippen LogP contribution in [0.2, 0.25) is 16.6 Å². The molecule has 0 radical (unpaired) electrons. The van der Waals surface area contributed by atoms with Gasteiger partial charge >= 0.3 is 0 Å². The van der Waals surface area contributed by atoms with Gasteiger partial charge in [-0.15, -0.1) is 0 Å². The Morgan fingerprint density at radius 3 is 2.46 bits per heavy atom. The van der Waals surface area contributed by atoms with E-state index in [1.807, 2.05) is 0 Å². The number of imidazole rings is 1. The third kappa shape index (κ3) is 6.09. The molecule has 0 bridgehead atoms. The number of aliphatic hydroxyl groups excluding tert-OH is 2. The quantitative estimate of drug-likeness (QED) is 0.161. The third-order valence-electron chi connectivity index (χ3n) is 7.55. The Hall–Kier alpha value is -1.83. The summed E-state index contributed by atoms with van der Waals surface area (Å²) in [6.45, 7) is 15.6. The molecule has 1 aliphatic rings. The van der Waals surface area contributed by atoms with Crippen LogP contribution in [-0.2, 0) is 13.9 Å². The predicted molar refractivity (Wildman–Crippen MR) is 145 cm³/mol. The van der Waals surface area contributed by atoms with Crippen molar-refractivity contribution in [3.63, 3.8) is 0 Å². The number of unbranched alkanes of at least 4 members (excludes halogenated alkanes) is 2. The number of aliphatic hydroxyl groups is 2. The van der Waals surface area contributed by atoms with E-state index >= 15 is 0 Å². The third-order valence-corrected chi connectivity index (χ3v) is 13.6. The SMILES string of the molecule is CCCCCNc1nc2c(ncn2[C@@H]2O[C@H](CO)C(O)C2OCO[Si](C(C)C)(C(C)C)C(C)C)c(=O)[nH]1. The second-order valence-corrected chi connectivity index (χ2v) is 16.3. The number of fused-ring (bicyclic) bond motifs is 1. The monoisotopic (exact) mass is 539 g/mol. The largest absolute Gasteiger partial charge is 0.394 e. The molecule has 0 aromatic carbocycles. The molecule has 4 N–H and O–H groups in total. The predicted octanol–water partition coefficient (Wildman–Crippen LogP) is 3.51. The molecule has 3 heterocycles. The van der Waals surface area contributed by atoms with Crippen molar-refractivity contribution in [2.75, 3.05) is 25.3 Å². The number of anilines is 1. The zero-order valence-corrected chi connectivity index (χ0v) is 24.2. The molecular formula is C25H45N5O6Si. The molecule has 2 aromatic rings. The Labute approximate surface area is 220 Å². The van der Waals surface area contributed by atoms with Crippen molar-refractivity contribution in [1.29, 1.82) is 0 Å². The minimum Gasteiger partial charge on any atom is -0.394 e. The average molecular weight is 540 g/mol. The molecule has 3 rings (SSSR count). The zero-order chi connectivity index (χ0) is 27.3. The lowest BCUT2D eigenvalue weighted by atomic mass is 10.1. The summed E-state index contributed by atoms with van der Waals surface area (Å²) in [6, 6.07) is 0. The van der Waals surface area contributed by atoms with E-state index in [4.69, 9.17) is 13.9 Å². The van der Waals surface area contributed by atoms with Gasteiger partial charge in [0, 0.05) is 6.54 Å². The van der Waals surface area contributed by atoms with Crippen LogP contribution >= 0.6 is 0 Å². The van der Waals surface area contributed by atoms with Crippen LogP contribution in [0.5, 0.6) is 0 Å². The summed E-state index contributed by atoms with van der Waals surface area (Å²) in [7, 11) is -2.19. The van der Waals surface area contributed by atoms with Gasteiger partial charge in [0.05, 0.1) is 12.9 Å². The number of nitrogens with zero attached hydrogens (tertiary/aromatic N) is 3. The number of rotatable bonds is 14. The van der Waals surface area contributed by atoms with Crippen molar-refractivity contribution in [3.05, 3.63) is 16.7 Å². The lowest BCUT2D eigenvalue weighted by Gasteiger charge is -2.42. The highest BCUT2D eigenvalue weighted by atomic mass is 28.4. The van der Waals surface area contributed by atoms with Crippen LogP contribution in [0, 0.1) is 0 Å². The second kappa shape index (κ2) is 12.8. The van der Waals surface area contributed by atoms with Crippen LogP contribution < -0.4 is 10.9 Å². The topological polar surface area (TPSA) is 144 Å². The zero-order valence-electron chi connectivity index (χ0n) is 23.2. The molecule has 1 aliphatic heterocycles. The van der Waals surface area contributed by atoms with E-state index in [9.17, 15) is 15.0 Å². The average Bonchev–Trinajstić information content (AvgIpc) is 3.39. The Bertz CT molecular complexity index is 1040. The van der Waals surface area contributed by atoms with Gasteiger partial charge in [0.15, 0.2) is 17.4 Å². The standard InChI is InChI=1S/C25H45N5O6Si/c1-8-9-10-11-26-25-28-22-19(23(33)29-25)27-13-30(22)24-21(20(32)18(12-31)36-24)34-14-35-37(15(2)3,16(4)5)17(6)7/h13,15-18,20-21,24,31-32H,8-12,14H2,1-7H3,(H2,26,28,29,33)/t18-,20?,21?,24-/m1/s1. The van der Waals surface area contributed by atoms with Crippen LogP contribution in [0.25, 0.3) is 11.2 Å². The van der Waals surface area contributed by atoms with E-state index in [1.165, 1.54) is 6.33 Å². The van der Waals surface area contributed by atoms with Crippen LogP contribution in [0.1, 0.15) is 74.0 Å². The number of hydrogen-bond acceptors (Lipinski definition) is 9. The van der Waals surface area contributed by atoms with Crippen LogP contribution in [0.3, 0.4) is 0 Å². The molecule has 0 saturated carbocycles. The van der Waals surface area contributed by atoms with E-state index in [1.54, 1.807) is 4.57 Å². The number of ether oxygens (including phenoxy) is 2. The Morgan fingerprint density at radius 1 is 1.19 bits per heavy atom. The van der Waals surface area contributed by atoms with Crippen molar-refractivity contribution in [1.82, 2.24) is 19.5 Å². The van der Waals surface area contributed by atoms with Gasteiger partial charge in [-0.1, -0.05) is 61.3 Å². The molecule has 1 fully saturated rings. The first-order valence-corrected chi connectivity index (χ1v) is 15.6. The van der Waals surface area contributed by atoms with Crippen LogP contribution in [0.15, 0.2) is 11.1 Å². The summed E-state index contributed by atoms with van der Waals surface area (Å²) in [4.78, 5) is 24.2. The fourth-order valence-corrected chi connectivity index (χ4v) is 11.0. The van der Waals surface area contributed by atoms with Gasteiger partial charge < -0.3 is 29.4 Å². The number of aromatic nitrogens is 4. The fourth-order valence-electron chi connectivity index (χ4n) is 5.77. The molecule has 0 amide bonds. The van der Waals surface area contributed by atoms with E-state index in [0.29, 0.717) is 34.8 Å². The number of aromatic amines is 1. The van der Waals surface area contributed by atoms with Gasteiger partial charge in [-0.25, -0.2) is 4.98 Å². The van der Waals surface area contributed by atoms with E-state index in [0.717, 1.165) is 19.3 Å². The van der Waals surface area contributed by atoms with E-state index in [-0.39, 0.29) is 24.5 Å². The Balaban J connectivity index is 1.86. The molecular weight excluding hydrogens is 494 g/mol.